The van der Waals surface area contributed by atoms with E-state index in [0.29, 0.717) is 6.42 Å². The maximum absolute atomic E-state index is 13.0. The van der Waals surface area contributed by atoms with Crippen molar-refractivity contribution >= 4 is 17.2 Å². The molecule has 122 valence electrons. The van der Waals surface area contributed by atoms with Gasteiger partial charge in [0.2, 0.25) is 0 Å². The molecule has 0 atom stereocenters. The van der Waals surface area contributed by atoms with Gasteiger partial charge in [-0.3, -0.25) is 0 Å². The summed E-state index contributed by atoms with van der Waals surface area (Å²) in [6.07, 6.45) is 3.12. The van der Waals surface area contributed by atoms with E-state index in [1.807, 2.05) is 42.6 Å². The summed E-state index contributed by atoms with van der Waals surface area (Å²) in [5, 5.41) is 5.51. The highest BCUT2D eigenvalue weighted by Gasteiger charge is 2.07. The summed E-state index contributed by atoms with van der Waals surface area (Å²) in [4.78, 5) is 15.3. The van der Waals surface area contributed by atoms with Gasteiger partial charge in [0, 0.05) is 18.0 Å². The average molecular weight is 331 g/mol. The Labute approximate surface area is 143 Å². The lowest BCUT2D eigenvalue weighted by atomic mass is 10.1. The fourth-order valence-electron chi connectivity index (χ4n) is 2.74. The van der Waals surface area contributed by atoms with E-state index in [0.717, 1.165) is 39.8 Å². The van der Waals surface area contributed by atoms with E-state index in [9.17, 15) is 9.18 Å². The molecule has 0 aliphatic heterocycles. The first-order chi connectivity index (χ1) is 12.2. The van der Waals surface area contributed by atoms with Crippen LogP contribution in [0.25, 0.3) is 28.0 Å². The fraction of sp³-hybridized carbons (Fsp3) is 0.0500. The molecule has 0 aliphatic rings. The number of nitrogens with zero attached hydrogens (tertiary/aromatic N) is 3. The Morgan fingerprint density at radius 3 is 2.60 bits per heavy atom. The zero-order chi connectivity index (χ0) is 17.2. The first kappa shape index (κ1) is 15.2. The molecule has 0 spiro atoms. The van der Waals surface area contributed by atoms with E-state index >= 15 is 0 Å². The van der Waals surface area contributed by atoms with Crippen LogP contribution < -0.4 is 0 Å². The van der Waals surface area contributed by atoms with Crippen LogP contribution in [0.3, 0.4) is 0 Å². The highest BCUT2D eigenvalue weighted by atomic mass is 19.1. The summed E-state index contributed by atoms with van der Waals surface area (Å²) in [5.74, 6) is -0.277. The van der Waals surface area contributed by atoms with Crippen molar-refractivity contribution in [2.45, 2.75) is 6.42 Å². The summed E-state index contributed by atoms with van der Waals surface area (Å²) in [6, 6.07) is 17.7. The summed E-state index contributed by atoms with van der Waals surface area (Å²) in [6.45, 7) is 0. The summed E-state index contributed by atoms with van der Waals surface area (Å²) in [7, 11) is 0. The van der Waals surface area contributed by atoms with Crippen molar-refractivity contribution in [2.75, 3.05) is 0 Å². The highest BCUT2D eigenvalue weighted by molar-refractivity contribution is 5.82. The lowest BCUT2D eigenvalue weighted by molar-refractivity contribution is -0.107. The summed E-state index contributed by atoms with van der Waals surface area (Å²) >= 11 is 0. The minimum Gasteiger partial charge on any atom is -0.303 e. The van der Waals surface area contributed by atoms with Crippen LogP contribution in [-0.4, -0.2) is 21.1 Å². The van der Waals surface area contributed by atoms with Gasteiger partial charge in [-0.25, -0.2) is 14.1 Å². The second-order valence-electron chi connectivity index (χ2n) is 5.72. The van der Waals surface area contributed by atoms with E-state index in [1.165, 1.54) is 12.1 Å². The molecule has 2 aromatic heterocycles. The summed E-state index contributed by atoms with van der Waals surface area (Å²) < 4.78 is 14.7. The first-order valence-corrected chi connectivity index (χ1v) is 7.88. The van der Waals surface area contributed by atoms with Gasteiger partial charge in [-0.05, 0) is 54.1 Å². The molecule has 0 unspecified atom stereocenters. The van der Waals surface area contributed by atoms with Crippen LogP contribution in [0.2, 0.25) is 0 Å². The molecule has 0 saturated carbocycles. The second kappa shape index (κ2) is 6.28. The number of rotatable bonds is 4. The van der Waals surface area contributed by atoms with Crippen molar-refractivity contribution in [1.29, 1.82) is 0 Å². The Bertz CT molecular complexity index is 1050. The number of pyridine rings is 1. The average Bonchev–Trinajstić information content (AvgIpc) is 3.12. The topological polar surface area (TPSA) is 47.8 Å². The number of aromatic nitrogens is 3. The molecule has 4 nitrogen and oxygen atoms in total. The largest absolute Gasteiger partial charge is 0.303 e. The molecule has 0 bridgehead atoms. The Morgan fingerprint density at radius 2 is 1.80 bits per heavy atom. The van der Waals surface area contributed by atoms with E-state index in [2.05, 4.69) is 10.1 Å². The minimum absolute atomic E-state index is 0.277. The normalized spacial score (nSPS) is 10.9. The summed E-state index contributed by atoms with van der Waals surface area (Å²) in [5.41, 5.74) is 4.10. The number of halogens is 1. The Morgan fingerprint density at radius 1 is 0.960 bits per heavy atom. The smallest absolute Gasteiger partial charge is 0.124 e. The molecule has 2 aromatic carbocycles. The molecule has 2 heterocycles. The van der Waals surface area contributed by atoms with Crippen LogP contribution in [0.1, 0.15) is 5.56 Å². The Kier molecular flexibility index (Phi) is 3.82. The SMILES string of the molecule is O=CCc1ccc2nc(-c3ccn(-c4ccc(F)cc4)n3)ccc2c1. The van der Waals surface area contributed by atoms with Gasteiger partial charge >= 0.3 is 0 Å². The first-order valence-electron chi connectivity index (χ1n) is 7.88. The number of carbonyl (C=O) groups is 1. The van der Waals surface area contributed by atoms with Gasteiger partial charge in [0.1, 0.15) is 17.8 Å². The Balaban J connectivity index is 1.68. The highest BCUT2D eigenvalue weighted by Crippen LogP contribution is 2.21. The lowest BCUT2D eigenvalue weighted by Gasteiger charge is -2.03. The van der Waals surface area contributed by atoms with Crippen molar-refractivity contribution in [1.82, 2.24) is 14.8 Å². The molecule has 25 heavy (non-hydrogen) atoms. The van der Waals surface area contributed by atoms with Gasteiger partial charge in [-0.1, -0.05) is 12.1 Å². The van der Waals surface area contributed by atoms with Crippen LogP contribution in [0.5, 0.6) is 0 Å². The van der Waals surface area contributed by atoms with Crippen LogP contribution in [-0.2, 0) is 11.2 Å². The monoisotopic (exact) mass is 331 g/mol. The number of hydrogen-bond acceptors (Lipinski definition) is 3. The minimum atomic E-state index is -0.277. The van der Waals surface area contributed by atoms with Crippen molar-refractivity contribution in [3.05, 3.63) is 78.2 Å². The number of benzene rings is 2. The van der Waals surface area contributed by atoms with Gasteiger partial charge in [0.25, 0.3) is 0 Å². The zero-order valence-corrected chi connectivity index (χ0v) is 13.3. The standard InChI is InChI=1S/C20H14FN3O/c21-16-3-5-17(6-4-16)24-11-9-20(23-24)19-8-2-15-13-14(10-12-25)1-7-18(15)22-19/h1-9,11-13H,10H2. The molecule has 0 fully saturated rings. The van der Waals surface area contributed by atoms with E-state index in [1.54, 1.807) is 16.8 Å². The van der Waals surface area contributed by atoms with Gasteiger partial charge < -0.3 is 4.79 Å². The number of aldehydes is 1. The van der Waals surface area contributed by atoms with Gasteiger partial charge in [0.15, 0.2) is 0 Å². The lowest BCUT2D eigenvalue weighted by Crippen LogP contribution is -1.95. The van der Waals surface area contributed by atoms with Crippen molar-refractivity contribution in [2.24, 2.45) is 0 Å². The molecule has 0 radical (unpaired) electrons. The molecular formula is C20H14FN3O. The van der Waals surface area contributed by atoms with E-state index < -0.39 is 0 Å². The fourth-order valence-corrected chi connectivity index (χ4v) is 2.74. The zero-order valence-electron chi connectivity index (χ0n) is 13.3. The third-order valence-corrected chi connectivity index (χ3v) is 4.02. The van der Waals surface area contributed by atoms with Gasteiger partial charge in [0.05, 0.1) is 16.9 Å². The molecular weight excluding hydrogens is 317 g/mol. The quantitative estimate of drug-likeness (QED) is 0.532. The van der Waals surface area contributed by atoms with Crippen LogP contribution in [0, 0.1) is 5.82 Å². The third-order valence-electron chi connectivity index (χ3n) is 4.02. The molecule has 0 aliphatic carbocycles. The predicted molar refractivity (Wildman–Crippen MR) is 94.0 cm³/mol. The van der Waals surface area contributed by atoms with Crippen molar-refractivity contribution in [3.8, 4) is 17.1 Å². The molecule has 4 rings (SSSR count). The van der Waals surface area contributed by atoms with Crippen LogP contribution in [0.15, 0.2) is 66.9 Å². The Hall–Kier alpha value is -3.34. The maximum Gasteiger partial charge on any atom is 0.124 e. The van der Waals surface area contributed by atoms with Crippen molar-refractivity contribution in [3.63, 3.8) is 0 Å². The predicted octanol–water partition coefficient (Wildman–Crippen LogP) is 3.97. The number of fused-ring (bicyclic) bond motifs is 1. The van der Waals surface area contributed by atoms with Gasteiger partial charge in [-0.2, -0.15) is 5.10 Å². The van der Waals surface area contributed by atoms with Gasteiger partial charge in [-0.15, -0.1) is 0 Å². The molecule has 0 amide bonds. The molecule has 0 saturated heterocycles. The third kappa shape index (κ3) is 3.04. The maximum atomic E-state index is 13.0. The van der Waals surface area contributed by atoms with Crippen molar-refractivity contribution < 1.29 is 9.18 Å². The molecule has 5 heteroatoms. The molecule has 0 N–H and O–H groups in total. The van der Waals surface area contributed by atoms with Crippen LogP contribution >= 0.6 is 0 Å². The number of hydrogen-bond donors (Lipinski definition) is 0. The van der Waals surface area contributed by atoms with Crippen LogP contribution in [0.4, 0.5) is 4.39 Å². The molecule has 4 aromatic rings. The number of carbonyl (C=O) groups excluding carboxylic acids is 1. The van der Waals surface area contributed by atoms with E-state index in [4.69, 9.17) is 0 Å². The van der Waals surface area contributed by atoms with E-state index in [-0.39, 0.29) is 5.82 Å². The second-order valence-corrected chi connectivity index (χ2v) is 5.72.